The van der Waals surface area contributed by atoms with Gasteiger partial charge in [0, 0.05) is 18.1 Å². The van der Waals surface area contributed by atoms with Crippen molar-refractivity contribution in [2.24, 2.45) is 4.99 Å². The Morgan fingerprint density at radius 2 is 2.33 bits per heavy atom. The first-order valence-electron chi connectivity index (χ1n) is 4.74. The number of aliphatic imine (C=N–C) groups is 1. The van der Waals surface area contributed by atoms with Crippen LogP contribution < -0.4 is 0 Å². The van der Waals surface area contributed by atoms with E-state index in [4.69, 9.17) is 0 Å². The summed E-state index contributed by atoms with van der Waals surface area (Å²) in [7, 11) is 1.75. The second kappa shape index (κ2) is 6.14. The number of thiophene rings is 1. The second-order valence-electron chi connectivity index (χ2n) is 3.10. The topological polar surface area (TPSA) is 12.4 Å². The summed E-state index contributed by atoms with van der Waals surface area (Å²) >= 11 is 1.76. The van der Waals surface area contributed by atoms with Gasteiger partial charge in [0.15, 0.2) is 0 Å². The maximum absolute atomic E-state index is 3.90. The maximum atomic E-state index is 3.90. The van der Waals surface area contributed by atoms with E-state index in [1.54, 1.807) is 24.6 Å². The molecular formula is C13H15NS. The van der Waals surface area contributed by atoms with Crippen LogP contribution in [-0.2, 0) is 0 Å². The van der Waals surface area contributed by atoms with Gasteiger partial charge < -0.3 is 0 Å². The summed E-state index contributed by atoms with van der Waals surface area (Å²) in [6.07, 6.45) is 9.64. The summed E-state index contributed by atoms with van der Waals surface area (Å²) < 4.78 is 0. The molecule has 0 unspecified atom stereocenters. The van der Waals surface area contributed by atoms with Crippen LogP contribution in [0.5, 0.6) is 0 Å². The molecule has 0 amide bonds. The number of hydrogen-bond donors (Lipinski definition) is 0. The van der Waals surface area contributed by atoms with Crippen LogP contribution in [-0.4, -0.2) is 13.3 Å². The normalized spacial score (nSPS) is 12.8. The Morgan fingerprint density at radius 3 is 2.87 bits per heavy atom. The molecule has 15 heavy (non-hydrogen) atoms. The van der Waals surface area contributed by atoms with Crippen molar-refractivity contribution in [2.75, 3.05) is 7.05 Å². The van der Waals surface area contributed by atoms with Crippen molar-refractivity contribution in [3.8, 4) is 0 Å². The lowest BCUT2D eigenvalue weighted by atomic mass is 10.2. The predicted octanol–water partition coefficient (Wildman–Crippen LogP) is 3.88. The fourth-order valence-electron chi connectivity index (χ4n) is 1.10. The lowest BCUT2D eigenvalue weighted by molar-refractivity contribution is 1.47. The zero-order chi connectivity index (χ0) is 11.1. The van der Waals surface area contributed by atoms with Gasteiger partial charge in [0.25, 0.3) is 0 Å². The third kappa shape index (κ3) is 4.09. The maximum Gasteiger partial charge on any atom is 0.0277 e. The highest BCUT2D eigenvalue weighted by Crippen LogP contribution is 2.15. The van der Waals surface area contributed by atoms with E-state index in [2.05, 4.69) is 36.0 Å². The Balaban J connectivity index is 2.74. The molecule has 0 saturated heterocycles. The van der Waals surface area contributed by atoms with Crippen molar-refractivity contribution < 1.29 is 0 Å². The molecule has 1 aromatic heterocycles. The quantitative estimate of drug-likeness (QED) is 0.536. The van der Waals surface area contributed by atoms with Crippen LogP contribution in [0, 0.1) is 6.92 Å². The van der Waals surface area contributed by atoms with Gasteiger partial charge in [0.05, 0.1) is 0 Å². The van der Waals surface area contributed by atoms with Crippen molar-refractivity contribution in [3.05, 3.63) is 52.3 Å². The first kappa shape index (κ1) is 11.7. The average Bonchev–Trinajstić information content (AvgIpc) is 2.65. The van der Waals surface area contributed by atoms with E-state index in [1.165, 1.54) is 10.4 Å². The summed E-state index contributed by atoms with van der Waals surface area (Å²) in [5.74, 6) is 0. The number of aryl methyl sites for hydroxylation is 1. The van der Waals surface area contributed by atoms with Crippen LogP contribution in [0.25, 0.3) is 6.08 Å². The van der Waals surface area contributed by atoms with Crippen LogP contribution in [0.4, 0.5) is 0 Å². The average molecular weight is 217 g/mol. The molecule has 78 valence electrons. The van der Waals surface area contributed by atoms with Gasteiger partial charge in [0.1, 0.15) is 0 Å². The van der Waals surface area contributed by atoms with Gasteiger partial charge in [-0.3, -0.25) is 4.99 Å². The molecule has 0 bridgehead atoms. The van der Waals surface area contributed by atoms with Crippen molar-refractivity contribution in [2.45, 2.75) is 6.92 Å². The highest BCUT2D eigenvalue weighted by Gasteiger charge is 1.90. The number of nitrogens with zero attached hydrogens (tertiary/aromatic N) is 1. The van der Waals surface area contributed by atoms with E-state index in [0.717, 1.165) is 5.57 Å². The Hall–Kier alpha value is -1.41. The van der Waals surface area contributed by atoms with Gasteiger partial charge in [-0.15, -0.1) is 11.3 Å². The van der Waals surface area contributed by atoms with Gasteiger partial charge in [0.2, 0.25) is 0 Å². The Bertz CT molecular complexity index is 408. The molecule has 0 aromatic carbocycles. The number of hydrogen-bond acceptors (Lipinski definition) is 2. The van der Waals surface area contributed by atoms with E-state index in [9.17, 15) is 0 Å². The molecule has 1 rings (SSSR count). The standard InChI is InChI=1S/C13H15NS/c1-4-12(7-8-14-3)5-6-13-9-11(2)15-10-13/h4-10H,1H2,2-3H3/b6-5+,12-7+,14-8?. The van der Waals surface area contributed by atoms with E-state index in [-0.39, 0.29) is 0 Å². The van der Waals surface area contributed by atoms with Crippen LogP contribution in [0.3, 0.4) is 0 Å². The molecule has 1 heterocycles. The van der Waals surface area contributed by atoms with Gasteiger partial charge in [-0.2, -0.15) is 0 Å². The molecule has 0 fully saturated rings. The van der Waals surface area contributed by atoms with Crippen LogP contribution in [0.2, 0.25) is 0 Å². The summed E-state index contributed by atoms with van der Waals surface area (Å²) in [6, 6.07) is 2.16. The van der Waals surface area contributed by atoms with E-state index in [1.807, 2.05) is 18.2 Å². The molecule has 1 nitrogen and oxygen atoms in total. The molecule has 0 atom stereocenters. The third-order valence-corrected chi connectivity index (χ3v) is 2.75. The van der Waals surface area contributed by atoms with Gasteiger partial charge >= 0.3 is 0 Å². The number of allylic oxidation sites excluding steroid dienone is 4. The Labute approximate surface area is 95.2 Å². The first-order chi connectivity index (χ1) is 7.26. The van der Waals surface area contributed by atoms with Crippen LogP contribution >= 0.6 is 11.3 Å². The lowest BCUT2D eigenvalue weighted by Crippen LogP contribution is -1.72. The van der Waals surface area contributed by atoms with E-state index in [0.29, 0.717) is 0 Å². The molecule has 2 heteroatoms. The highest BCUT2D eigenvalue weighted by atomic mass is 32.1. The van der Waals surface area contributed by atoms with Crippen molar-refractivity contribution in [3.63, 3.8) is 0 Å². The molecule has 1 aromatic rings. The minimum Gasteiger partial charge on any atom is -0.296 e. The fraction of sp³-hybridized carbons (Fsp3) is 0.154. The van der Waals surface area contributed by atoms with E-state index >= 15 is 0 Å². The molecule has 0 N–H and O–H groups in total. The number of rotatable bonds is 4. The summed E-state index contributed by atoms with van der Waals surface area (Å²) in [4.78, 5) is 5.23. The summed E-state index contributed by atoms with van der Waals surface area (Å²) in [5.41, 5.74) is 2.29. The van der Waals surface area contributed by atoms with E-state index < -0.39 is 0 Å². The minimum absolute atomic E-state index is 1.06. The largest absolute Gasteiger partial charge is 0.296 e. The highest BCUT2D eigenvalue weighted by molar-refractivity contribution is 7.10. The molecule has 0 aliphatic heterocycles. The zero-order valence-electron chi connectivity index (χ0n) is 9.10. The molecule has 0 spiro atoms. The van der Waals surface area contributed by atoms with Crippen molar-refractivity contribution in [1.29, 1.82) is 0 Å². The third-order valence-electron chi connectivity index (χ3n) is 1.87. The lowest BCUT2D eigenvalue weighted by Gasteiger charge is -1.89. The molecular weight excluding hydrogens is 202 g/mol. The minimum atomic E-state index is 1.06. The monoisotopic (exact) mass is 217 g/mol. The van der Waals surface area contributed by atoms with Crippen LogP contribution in [0.15, 0.2) is 46.8 Å². The Kier molecular flexibility index (Phi) is 4.78. The molecule has 0 saturated carbocycles. The molecule has 0 aliphatic carbocycles. The van der Waals surface area contributed by atoms with Gasteiger partial charge in [-0.1, -0.05) is 24.8 Å². The molecule has 0 aliphatic rings. The van der Waals surface area contributed by atoms with Gasteiger partial charge in [-0.05, 0) is 35.6 Å². The summed E-state index contributed by atoms with van der Waals surface area (Å²) in [5, 5.41) is 2.14. The van der Waals surface area contributed by atoms with Crippen molar-refractivity contribution in [1.82, 2.24) is 0 Å². The van der Waals surface area contributed by atoms with Crippen LogP contribution in [0.1, 0.15) is 10.4 Å². The smallest absolute Gasteiger partial charge is 0.0277 e. The molecule has 0 radical (unpaired) electrons. The van der Waals surface area contributed by atoms with Crippen molar-refractivity contribution >= 4 is 23.6 Å². The first-order valence-corrected chi connectivity index (χ1v) is 5.62. The predicted molar refractivity (Wildman–Crippen MR) is 70.8 cm³/mol. The zero-order valence-corrected chi connectivity index (χ0v) is 9.92. The summed E-state index contributed by atoms with van der Waals surface area (Å²) in [6.45, 7) is 5.86. The fourth-order valence-corrected chi connectivity index (χ4v) is 1.77. The second-order valence-corrected chi connectivity index (χ2v) is 4.22. The Morgan fingerprint density at radius 1 is 1.53 bits per heavy atom. The van der Waals surface area contributed by atoms with Gasteiger partial charge in [-0.25, -0.2) is 0 Å². The SMILES string of the molecule is C=CC(/C=C/c1csc(C)c1)=C\C=NC.